The quantitative estimate of drug-likeness (QED) is 0.319. The van der Waals surface area contributed by atoms with Crippen LogP contribution in [0.25, 0.3) is 23.1 Å². The standard InChI is InChI=1S/C24H24ClNO4/c1-4-22(27)30-20-9-7-8-17-11-13-18(26-23(17)20)12-10-16-14-19(25)24(29-6-3)21(15-16)28-5-2/h7-15H,4-6H2,1-3H3/b12-10+. The summed E-state index contributed by atoms with van der Waals surface area (Å²) in [6.07, 6.45) is 4.08. The Morgan fingerprint density at radius 2 is 1.80 bits per heavy atom. The molecular formula is C24H24ClNO4. The number of hydrogen-bond donors (Lipinski definition) is 0. The van der Waals surface area contributed by atoms with Crippen LogP contribution in [-0.2, 0) is 4.79 Å². The second-order valence-corrected chi connectivity index (χ2v) is 6.83. The average molecular weight is 426 g/mol. The largest absolute Gasteiger partial charge is 0.490 e. The van der Waals surface area contributed by atoms with Crippen LogP contribution in [-0.4, -0.2) is 24.2 Å². The van der Waals surface area contributed by atoms with Gasteiger partial charge in [0.1, 0.15) is 5.52 Å². The van der Waals surface area contributed by atoms with Gasteiger partial charge in [0.05, 0.1) is 23.9 Å². The summed E-state index contributed by atoms with van der Waals surface area (Å²) >= 11 is 6.39. The van der Waals surface area contributed by atoms with E-state index in [2.05, 4.69) is 4.98 Å². The lowest BCUT2D eigenvalue weighted by Gasteiger charge is -2.13. The molecule has 0 unspecified atom stereocenters. The lowest BCUT2D eigenvalue weighted by atomic mass is 10.1. The zero-order valence-corrected chi connectivity index (χ0v) is 18.0. The van der Waals surface area contributed by atoms with Gasteiger partial charge in [-0.05, 0) is 49.8 Å². The van der Waals surface area contributed by atoms with Gasteiger partial charge >= 0.3 is 5.97 Å². The highest BCUT2D eigenvalue weighted by Gasteiger charge is 2.12. The maximum atomic E-state index is 11.7. The van der Waals surface area contributed by atoms with Crippen molar-refractivity contribution >= 4 is 40.6 Å². The number of esters is 1. The van der Waals surface area contributed by atoms with Gasteiger partial charge in [-0.15, -0.1) is 0 Å². The van der Waals surface area contributed by atoms with Gasteiger partial charge in [0.15, 0.2) is 17.2 Å². The highest BCUT2D eigenvalue weighted by atomic mass is 35.5. The number of carbonyl (C=O) groups excluding carboxylic acids is 1. The van der Waals surface area contributed by atoms with E-state index in [-0.39, 0.29) is 5.97 Å². The number of benzene rings is 2. The fourth-order valence-electron chi connectivity index (χ4n) is 2.92. The molecule has 0 radical (unpaired) electrons. The number of hydrogen-bond acceptors (Lipinski definition) is 5. The van der Waals surface area contributed by atoms with Crippen molar-refractivity contribution in [2.24, 2.45) is 0 Å². The first-order valence-corrected chi connectivity index (χ1v) is 10.3. The lowest BCUT2D eigenvalue weighted by molar-refractivity contribution is -0.133. The van der Waals surface area contributed by atoms with Crippen LogP contribution in [0.1, 0.15) is 38.4 Å². The number of nitrogens with zero attached hydrogens (tertiary/aromatic N) is 1. The first kappa shape index (κ1) is 21.7. The minimum absolute atomic E-state index is 0.294. The maximum Gasteiger partial charge on any atom is 0.310 e. The lowest BCUT2D eigenvalue weighted by Crippen LogP contribution is -2.06. The second-order valence-electron chi connectivity index (χ2n) is 6.42. The van der Waals surface area contributed by atoms with Gasteiger partial charge in [0.2, 0.25) is 0 Å². The van der Waals surface area contributed by atoms with Crippen LogP contribution in [0.2, 0.25) is 5.02 Å². The third kappa shape index (κ3) is 5.10. The van der Waals surface area contributed by atoms with Gasteiger partial charge < -0.3 is 14.2 Å². The molecule has 0 aliphatic rings. The second kappa shape index (κ2) is 10.1. The summed E-state index contributed by atoms with van der Waals surface area (Å²) in [7, 11) is 0. The van der Waals surface area contributed by atoms with Gasteiger partial charge in [0.25, 0.3) is 0 Å². The molecule has 5 nitrogen and oxygen atoms in total. The summed E-state index contributed by atoms with van der Waals surface area (Å²) in [4.78, 5) is 16.4. The fourth-order valence-corrected chi connectivity index (χ4v) is 3.19. The molecule has 0 atom stereocenters. The van der Waals surface area contributed by atoms with Crippen molar-refractivity contribution in [1.82, 2.24) is 4.98 Å². The molecular weight excluding hydrogens is 402 g/mol. The Labute approximate surface area is 181 Å². The van der Waals surface area contributed by atoms with Crippen LogP contribution < -0.4 is 14.2 Å². The molecule has 0 bridgehead atoms. The molecule has 2 aromatic carbocycles. The van der Waals surface area contributed by atoms with E-state index in [1.165, 1.54) is 0 Å². The first-order valence-electron chi connectivity index (χ1n) is 9.93. The number of para-hydroxylation sites is 1. The SMILES string of the molecule is CCOc1cc(/C=C/c2ccc3cccc(OC(=O)CC)c3n2)cc(Cl)c1OCC. The van der Waals surface area contributed by atoms with E-state index < -0.39 is 0 Å². The molecule has 0 fully saturated rings. The Bertz CT molecular complexity index is 1080. The Kier molecular flexibility index (Phi) is 7.31. The minimum atomic E-state index is -0.294. The predicted octanol–water partition coefficient (Wildman–Crippen LogP) is 6.17. The van der Waals surface area contributed by atoms with Crippen LogP contribution in [0.15, 0.2) is 42.5 Å². The van der Waals surface area contributed by atoms with E-state index in [9.17, 15) is 4.79 Å². The van der Waals surface area contributed by atoms with E-state index in [0.29, 0.717) is 47.4 Å². The zero-order valence-electron chi connectivity index (χ0n) is 17.3. The third-order valence-electron chi connectivity index (χ3n) is 4.28. The smallest absolute Gasteiger partial charge is 0.310 e. The van der Waals surface area contributed by atoms with Crippen molar-refractivity contribution < 1.29 is 19.0 Å². The molecule has 0 spiro atoms. The fraction of sp³-hybridized carbons (Fsp3) is 0.250. The summed E-state index contributed by atoms with van der Waals surface area (Å²) in [5.74, 6) is 1.31. The van der Waals surface area contributed by atoms with Gasteiger partial charge in [0, 0.05) is 11.8 Å². The molecule has 3 rings (SSSR count). The number of fused-ring (bicyclic) bond motifs is 1. The Morgan fingerprint density at radius 1 is 1.00 bits per heavy atom. The summed E-state index contributed by atoms with van der Waals surface area (Å²) in [5, 5.41) is 1.39. The molecule has 3 aromatic rings. The van der Waals surface area contributed by atoms with Crippen LogP contribution in [0.4, 0.5) is 0 Å². The topological polar surface area (TPSA) is 57.7 Å². The molecule has 1 aromatic heterocycles. The monoisotopic (exact) mass is 425 g/mol. The van der Waals surface area contributed by atoms with Crippen molar-refractivity contribution in [2.75, 3.05) is 13.2 Å². The molecule has 0 N–H and O–H groups in total. The summed E-state index contributed by atoms with van der Waals surface area (Å²) in [5.41, 5.74) is 2.23. The maximum absolute atomic E-state index is 11.7. The van der Waals surface area contributed by atoms with Gasteiger partial charge in [-0.3, -0.25) is 4.79 Å². The zero-order chi connectivity index (χ0) is 21.5. The van der Waals surface area contributed by atoms with Crippen LogP contribution in [0, 0.1) is 0 Å². The summed E-state index contributed by atoms with van der Waals surface area (Å²) in [6, 6.07) is 13.1. The van der Waals surface area contributed by atoms with Gasteiger partial charge in [-0.25, -0.2) is 4.98 Å². The van der Waals surface area contributed by atoms with E-state index in [1.54, 1.807) is 13.0 Å². The van der Waals surface area contributed by atoms with E-state index in [4.69, 9.17) is 25.8 Å². The number of rotatable bonds is 8. The molecule has 0 aliphatic carbocycles. The molecule has 0 saturated heterocycles. The third-order valence-corrected chi connectivity index (χ3v) is 4.56. The number of pyridine rings is 1. The van der Waals surface area contributed by atoms with Crippen molar-refractivity contribution in [2.45, 2.75) is 27.2 Å². The highest BCUT2D eigenvalue weighted by Crippen LogP contribution is 2.37. The number of halogens is 1. The molecule has 1 heterocycles. The number of aromatic nitrogens is 1. The van der Waals surface area contributed by atoms with E-state index in [1.807, 2.05) is 62.4 Å². The molecule has 0 amide bonds. The average Bonchev–Trinajstić information content (AvgIpc) is 2.75. The molecule has 0 saturated carbocycles. The van der Waals surface area contributed by atoms with E-state index >= 15 is 0 Å². The van der Waals surface area contributed by atoms with Crippen LogP contribution in [0.3, 0.4) is 0 Å². The van der Waals surface area contributed by atoms with Gasteiger partial charge in [-0.2, -0.15) is 0 Å². The molecule has 6 heteroatoms. The molecule has 30 heavy (non-hydrogen) atoms. The summed E-state index contributed by atoms with van der Waals surface area (Å²) < 4.78 is 16.7. The Balaban J connectivity index is 1.93. The van der Waals surface area contributed by atoms with E-state index in [0.717, 1.165) is 16.6 Å². The minimum Gasteiger partial charge on any atom is -0.490 e. The van der Waals surface area contributed by atoms with Crippen LogP contribution in [0.5, 0.6) is 17.2 Å². The normalized spacial score (nSPS) is 11.1. The van der Waals surface area contributed by atoms with Crippen molar-refractivity contribution in [1.29, 1.82) is 0 Å². The Hall–Kier alpha value is -3.05. The first-order chi connectivity index (χ1) is 14.5. The predicted molar refractivity (Wildman–Crippen MR) is 120 cm³/mol. The number of carbonyl (C=O) groups is 1. The highest BCUT2D eigenvalue weighted by molar-refractivity contribution is 6.32. The van der Waals surface area contributed by atoms with Crippen molar-refractivity contribution in [3.63, 3.8) is 0 Å². The van der Waals surface area contributed by atoms with Crippen molar-refractivity contribution in [3.05, 3.63) is 58.7 Å². The van der Waals surface area contributed by atoms with Crippen molar-refractivity contribution in [3.8, 4) is 17.2 Å². The van der Waals surface area contributed by atoms with Crippen LogP contribution >= 0.6 is 11.6 Å². The number of ether oxygens (including phenoxy) is 3. The molecule has 156 valence electrons. The Morgan fingerprint density at radius 3 is 2.53 bits per heavy atom. The summed E-state index contributed by atoms with van der Waals surface area (Å²) in [6.45, 7) is 6.58. The molecule has 0 aliphatic heterocycles. The van der Waals surface area contributed by atoms with Gasteiger partial charge in [-0.1, -0.05) is 42.8 Å².